The molecule has 4 heteroatoms. The fourth-order valence-corrected chi connectivity index (χ4v) is 1.43. The molecule has 0 radical (unpaired) electrons. The van der Waals surface area contributed by atoms with Gasteiger partial charge in [0, 0.05) is 0 Å². The van der Waals surface area contributed by atoms with E-state index in [9.17, 15) is 0 Å². The molecule has 0 saturated carbocycles. The van der Waals surface area contributed by atoms with Gasteiger partial charge in [0.25, 0.3) is 0 Å². The molecular formula is C7H18NOPS. The molecule has 0 aliphatic rings. The summed E-state index contributed by atoms with van der Waals surface area (Å²) in [6.07, 6.45) is 4.75. The highest BCUT2D eigenvalue weighted by Gasteiger charge is 1.93. The lowest BCUT2D eigenvalue weighted by Gasteiger charge is -2.05. The van der Waals surface area contributed by atoms with Gasteiger partial charge in [0.05, 0.1) is 14.0 Å². The zero-order valence-corrected chi connectivity index (χ0v) is 8.91. The van der Waals surface area contributed by atoms with Crippen LogP contribution in [0.1, 0.15) is 25.7 Å². The molecule has 1 unspecified atom stereocenters. The summed E-state index contributed by atoms with van der Waals surface area (Å²) < 4.78 is 5.32. The molecule has 0 aromatic rings. The van der Waals surface area contributed by atoms with Gasteiger partial charge in [-0.2, -0.15) is 0 Å². The quantitative estimate of drug-likeness (QED) is 0.371. The standard InChI is InChI=1S/C7H18NOPS/c1-10(11)9-7-5-3-2-4-6-8/h11H,2-8H2,1H3. The molecule has 0 aromatic heterocycles. The first kappa shape index (κ1) is 11.7. The normalized spacial score (nSPS) is 13.4. The van der Waals surface area contributed by atoms with Crippen molar-refractivity contribution in [2.75, 3.05) is 19.8 Å². The van der Waals surface area contributed by atoms with Gasteiger partial charge in [0.2, 0.25) is 0 Å². The Balaban J connectivity index is 2.80. The van der Waals surface area contributed by atoms with Gasteiger partial charge in [-0.05, 0) is 26.1 Å². The average Bonchev–Trinajstić information content (AvgIpc) is 1.96. The molecule has 0 saturated heterocycles. The first-order chi connectivity index (χ1) is 5.27. The summed E-state index contributed by atoms with van der Waals surface area (Å²) in [7, 11) is -0.455. The molecule has 0 heterocycles. The third kappa shape index (κ3) is 10.7. The minimum absolute atomic E-state index is 0.455. The van der Waals surface area contributed by atoms with E-state index in [1.807, 2.05) is 6.66 Å². The Bertz CT molecular complexity index is 82.8. The van der Waals surface area contributed by atoms with Crippen LogP contribution < -0.4 is 5.73 Å². The van der Waals surface area contributed by atoms with Crippen LogP contribution in [-0.2, 0) is 4.52 Å². The summed E-state index contributed by atoms with van der Waals surface area (Å²) in [5.74, 6) is 0. The molecule has 68 valence electrons. The lowest BCUT2D eigenvalue weighted by Crippen LogP contribution is -1.98. The van der Waals surface area contributed by atoms with Crippen LogP contribution in [0.2, 0.25) is 0 Å². The van der Waals surface area contributed by atoms with Crippen molar-refractivity contribution >= 4 is 19.6 Å². The average molecular weight is 195 g/mol. The predicted molar refractivity (Wildman–Crippen MR) is 55.3 cm³/mol. The Morgan fingerprint density at radius 1 is 1.27 bits per heavy atom. The molecular weight excluding hydrogens is 177 g/mol. The van der Waals surface area contributed by atoms with Crippen LogP contribution in [0.25, 0.3) is 0 Å². The molecule has 1 atom stereocenters. The Hall–Kier alpha value is 0.700. The summed E-state index contributed by atoms with van der Waals surface area (Å²) in [6, 6.07) is 0. The van der Waals surface area contributed by atoms with E-state index >= 15 is 0 Å². The second kappa shape index (κ2) is 8.79. The maximum atomic E-state index is 5.35. The molecule has 11 heavy (non-hydrogen) atoms. The number of nitrogens with two attached hydrogens (primary N) is 1. The van der Waals surface area contributed by atoms with E-state index in [-0.39, 0.29) is 0 Å². The van der Waals surface area contributed by atoms with Crippen molar-refractivity contribution in [3.05, 3.63) is 0 Å². The number of rotatable bonds is 7. The van der Waals surface area contributed by atoms with Crippen molar-refractivity contribution in [3.8, 4) is 0 Å². The van der Waals surface area contributed by atoms with Gasteiger partial charge < -0.3 is 10.3 Å². The number of thiol groups is 1. The van der Waals surface area contributed by atoms with Crippen LogP contribution in [-0.4, -0.2) is 19.8 Å². The van der Waals surface area contributed by atoms with Crippen LogP contribution in [0.15, 0.2) is 0 Å². The zero-order valence-electron chi connectivity index (χ0n) is 7.12. The Morgan fingerprint density at radius 3 is 2.45 bits per heavy atom. The van der Waals surface area contributed by atoms with Crippen molar-refractivity contribution in [3.63, 3.8) is 0 Å². The van der Waals surface area contributed by atoms with E-state index < -0.39 is 7.35 Å². The molecule has 2 nitrogen and oxygen atoms in total. The van der Waals surface area contributed by atoms with Gasteiger partial charge in [-0.15, -0.1) is 12.2 Å². The largest absolute Gasteiger partial charge is 0.349 e. The SMILES string of the molecule is CP(S)OCCCCCCN. The fraction of sp³-hybridized carbons (Fsp3) is 1.00. The number of hydrogen-bond acceptors (Lipinski definition) is 3. The van der Waals surface area contributed by atoms with Crippen molar-refractivity contribution in [1.29, 1.82) is 0 Å². The van der Waals surface area contributed by atoms with Gasteiger partial charge >= 0.3 is 0 Å². The second-order valence-electron chi connectivity index (χ2n) is 2.50. The molecule has 0 aliphatic heterocycles. The molecule has 0 amide bonds. The third-order valence-electron chi connectivity index (χ3n) is 1.38. The highest BCUT2D eigenvalue weighted by Crippen LogP contribution is 2.36. The molecule has 0 fully saturated rings. The van der Waals surface area contributed by atoms with Crippen LogP contribution >= 0.6 is 19.6 Å². The van der Waals surface area contributed by atoms with Crippen LogP contribution in [0.5, 0.6) is 0 Å². The maximum absolute atomic E-state index is 5.35. The summed E-state index contributed by atoms with van der Waals surface area (Å²) >= 11 is 4.16. The van der Waals surface area contributed by atoms with E-state index in [4.69, 9.17) is 10.3 Å². The number of hydrogen-bond donors (Lipinski definition) is 2. The predicted octanol–water partition coefficient (Wildman–Crippen LogP) is 2.39. The highest BCUT2D eigenvalue weighted by molar-refractivity contribution is 8.43. The molecule has 0 bridgehead atoms. The third-order valence-corrected chi connectivity index (χ3v) is 2.28. The highest BCUT2D eigenvalue weighted by atomic mass is 32.7. The van der Waals surface area contributed by atoms with E-state index in [2.05, 4.69) is 12.2 Å². The van der Waals surface area contributed by atoms with E-state index in [0.29, 0.717) is 0 Å². The summed E-state index contributed by atoms with van der Waals surface area (Å²) in [5, 5.41) is 0. The summed E-state index contributed by atoms with van der Waals surface area (Å²) in [5.41, 5.74) is 5.35. The lowest BCUT2D eigenvalue weighted by atomic mass is 10.2. The van der Waals surface area contributed by atoms with E-state index in [1.165, 1.54) is 12.8 Å². The minimum atomic E-state index is -0.455. The van der Waals surface area contributed by atoms with Crippen LogP contribution in [0.3, 0.4) is 0 Å². The molecule has 0 spiro atoms. The lowest BCUT2D eigenvalue weighted by molar-refractivity contribution is 0.345. The van der Waals surface area contributed by atoms with Crippen molar-refractivity contribution in [2.24, 2.45) is 5.73 Å². The fourth-order valence-electron chi connectivity index (χ4n) is 0.797. The Kier molecular flexibility index (Phi) is 9.35. The summed E-state index contributed by atoms with van der Waals surface area (Å²) in [6.45, 7) is 3.67. The van der Waals surface area contributed by atoms with Gasteiger partial charge in [-0.25, -0.2) is 0 Å². The smallest absolute Gasteiger partial charge is 0.0824 e. The van der Waals surface area contributed by atoms with E-state index in [1.54, 1.807) is 0 Å². The van der Waals surface area contributed by atoms with E-state index in [0.717, 1.165) is 26.0 Å². The minimum Gasteiger partial charge on any atom is -0.349 e. The van der Waals surface area contributed by atoms with Gasteiger partial charge in [0.1, 0.15) is 0 Å². The summed E-state index contributed by atoms with van der Waals surface area (Å²) in [4.78, 5) is 0. The van der Waals surface area contributed by atoms with Crippen LogP contribution in [0.4, 0.5) is 0 Å². The Morgan fingerprint density at radius 2 is 1.91 bits per heavy atom. The van der Waals surface area contributed by atoms with Crippen LogP contribution in [0, 0.1) is 0 Å². The maximum Gasteiger partial charge on any atom is 0.0824 e. The van der Waals surface area contributed by atoms with Crippen molar-refractivity contribution < 1.29 is 4.52 Å². The second-order valence-corrected chi connectivity index (χ2v) is 5.38. The zero-order chi connectivity index (χ0) is 8.53. The van der Waals surface area contributed by atoms with Crippen molar-refractivity contribution in [2.45, 2.75) is 25.7 Å². The monoisotopic (exact) mass is 195 g/mol. The van der Waals surface area contributed by atoms with Gasteiger partial charge in [0.15, 0.2) is 0 Å². The molecule has 0 aromatic carbocycles. The molecule has 0 rings (SSSR count). The number of unbranched alkanes of at least 4 members (excludes halogenated alkanes) is 3. The van der Waals surface area contributed by atoms with Crippen molar-refractivity contribution in [1.82, 2.24) is 0 Å². The first-order valence-corrected chi connectivity index (χ1v) is 6.89. The molecule has 0 aliphatic carbocycles. The Labute approximate surface area is 75.9 Å². The van der Waals surface area contributed by atoms with Gasteiger partial charge in [-0.3, -0.25) is 0 Å². The topological polar surface area (TPSA) is 35.2 Å². The molecule has 2 N–H and O–H groups in total. The van der Waals surface area contributed by atoms with Gasteiger partial charge in [-0.1, -0.05) is 12.8 Å². The first-order valence-electron chi connectivity index (χ1n) is 4.03.